The van der Waals surface area contributed by atoms with Gasteiger partial charge in [-0.05, 0) is 42.7 Å². The van der Waals surface area contributed by atoms with Crippen molar-refractivity contribution in [1.82, 2.24) is 4.72 Å². The lowest BCUT2D eigenvalue weighted by Gasteiger charge is -2.15. The molecule has 0 aliphatic rings. The van der Waals surface area contributed by atoms with Crippen molar-refractivity contribution in [1.29, 1.82) is 0 Å². The molecule has 0 spiro atoms. The Hall–Kier alpha value is -2.44. The highest BCUT2D eigenvalue weighted by atomic mass is 32.2. The average molecular weight is 345 g/mol. The van der Waals surface area contributed by atoms with Gasteiger partial charge in [0.05, 0.1) is 4.90 Å². The number of carbonyl (C=O) groups is 1. The lowest BCUT2D eigenvalue weighted by Crippen LogP contribution is -2.26. The van der Waals surface area contributed by atoms with Crippen molar-refractivity contribution in [3.8, 4) is 0 Å². The topological polar surface area (TPSA) is 83.5 Å². The molecule has 1 atom stereocenters. The van der Waals surface area contributed by atoms with E-state index < -0.39 is 22.0 Å². The summed E-state index contributed by atoms with van der Waals surface area (Å²) in [4.78, 5) is 10.9. The normalized spacial score (nSPS) is 13.5. The van der Waals surface area contributed by atoms with Gasteiger partial charge in [-0.25, -0.2) is 17.9 Å². The molecule has 2 rings (SSSR count). The van der Waals surface area contributed by atoms with Crippen LogP contribution in [0.2, 0.25) is 0 Å². The standard InChI is InChI=1S/C18H19NO4S/c1-13(12-18(20)21)15-8-10-16(11-9-15)14(2)19-24(22,23)17-6-4-3-5-7-17/h3-12,14,19H,1-2H3,(H,20,21). The summed E-state index contributed by atoms with van der Waals surface area (Å²) in [6, 6.07) is 14.9. The molecule has 24 heavy (non-hydrogen) atoms. The molecule has 0 radical (unpaired) electrons. The summed E-state index contributed by atoms with van der Waals surface area (Å²) in [6.45, 7) is 3.47. The van der Waals surface area contributed by atoms with Gasteiger partial charge in [0.2, 0.25) is 10.0 Å². The number of aliphatic carboxylic acids is 1. The van der Waals surface area contributed by atoms with E-state index in [0.717, 1.165) is 17.2 Å². The van der Waals surface area contributed by atoms with Gasteiger partial charge in [0, 0.05) is 12.1 Å². The van der Waals surface area contributed by atoms with Crippen LogP contribution in [0.1, 0.15) is 31.0 Å². The number of hydrogen-bond acceptors (Lipinski definition) is 3. The van der Waals surface area contributed by atoms with Gasteiger partial charge < -0.3 is 5.11 Å². The van der Waals surface area contributed by atoms with E-state index in [1.807, 2.05) is 0 Å². The zero-order valence-corrected chi connectivity index (χ0v) is 14.2. The molecule has 2 aromatic rings. The molecule has 0 aliphatic carbocycles. The molecule has 0 amide bonds. The van der Waals surface area contributed by atoms with E-state index in [0.29, 0.717) is 5.57 Å². The van der Waals surface area contributed by atoms with Crippen LogP contribution in [-0.2, 0) is 14.8 Å². The Kier molecular flexibility index (Phi) is 5.54. The zero-order valence-electron chi connectivity index (χ0n) is 13.4. The van der Waals surface area contributed by atoms with Crippen molar-refractivity contribution >= 4 is 21.6 Å². The Morgan fingerprint density at radius 3 is 2.21 bits per heavy atom. The highest BCUT2D eigenvalue weighted by Gasteiger charge is 2.17. The van der Waals surface area contributed by atoms with Crippen LogP contribution in [0.25, 0.3) is 5.57 Å². The van der Waals surface area contributed by atoms with E-state index in [-0.39, 0.29) is 4.90 Å². The van der Waals surface area contributed by atoms with Crippen LogP contribution in [0.15, 0.2) is 65.6 Å². The fourth-order valence-corrected chi connectivity index (χ4v) is 3.52. The lowest BCUT2D eigenvalue weighted by atomic mass is 10.0. The van der Waals surface area contributed by atoms with Gasteiger partial charge in [0.25, 0.3) is 0 Å². The maximum Gasteiger partial charge on any atom is 0.328 e. The van der Waals surface area contributed by atoms with Crippen molar-refractivity contribution in [2.45, 2.75) is 24.8 Å². The Morgan fingerprint density at radius 2 is 1.67 bits per heavy atom. The minimum atomic E-state index is -3.59. The van der Waals surface area contributed by atoms with E-state index in [4.69, 9.17) is 5.11 Å². The monoisotopic (exact) mass is 345 g/mol. The first-order valence-electron chi connectivity index (χ1n) is 7.38. The number of allylic oxidation sites excluding steroid dienone is 1. The average Bonchev–Trinajstić information content (AvgIpc) is 2.55. The Labute approximate surface area is 141 Å². The molecule has 2 N–H and O–H groups in total. The van der Waals surface area contributed by atoms with Crippen LogP contribution in [0, 0.1) is 0 Å². The van der Waals surface area contributed by atoms with Crippen LogP contribution >= 0.6 is 0 Å². The summed E-state index contributed by atoms with van der Waals surface area (Å²) >= 11 is 0. The van der Waals surface area contributed by atoms with E-state index in [2.05, 4.69) is 4.72 Å². The van der Waals surface area contributed by atoms with Gasteiger partial charge in [0.15, 0.2) is 0 Å². The van der Waals surface area contributed by atoms with E-state index in [1.54, 1.807) is 56.3 Å². The van der Waals surface area contributed by atoms with Crippen molar-refractivity contribution < 1.29 is 18.3 Å². The summed E-state index contributed by atoms with van der Waals surface area (Å²) in [5, 5.41) is 8.77. The quantitative estimate of drug-likeness (QED) is 0.788. The first-order valence-corrected chi connectivity index (χ1v) is 8.87. The van der Waals surface area contributed by atoms with Crippen molar-refractivity contribution in [3.05, 3.63) is 71.8 Å². The fraction of sp³-hybridized carbons (Fsp3) is 0.167. The number of sulfonamides is 1. The highest BCUT2D eigenvalue weighted by molar-refractivity contribution is 7.89. The van der Waals surface area contributed by atoms with Crippen LogP contribution in [0.5, 0.6) is 0 Å². The molecule has 0 saturated carbocycles. The minimum absolute atomic E-state index is 0.216. The Balaban J connectivity index is 2.16. The summed E-state index contributed by atoms with van der Waals surface area (Å²) in [5.41, 5.74) is 2.20. The van der Waals surface area contributed by atoms with Crippen LogP contribution < -0.4 is 4.72 Å². The molecular formula is C18H19NO4S. The molecule has 0 aromatic heterocycles. The molecule has 2 aromatic carbocycles. The van der Waals surface area contributed by atoms with E-state index in [1.165, 1.54) is 12.1 Å². The molecule has 0 bridgehead atoms. The van der Waals surface area contributed by atoms with Gasteiger partial charge in [0.1, 0.15) is 0 Å². The molecule has 0 saturated heterocycles. The first kappa shape index (κ1) is 17.9. The maximum atomic E-state index is 12.3. The highest BCUT2D eigenvalue weighted by Crippen LogP contribution is 2.20. The van der Waals surface area contributed by atoms with Gasteiger partial charge in [-0.1, -0.05) is 42.5 Å². The molecule has 1 unspecified atom stereocenters. The molecular weight excluding hydrogens is 326 g/mol. The smallest absolute Gasteiger partial charge is 0.328 e. The van der Waals surface area contributed by atoms with Gasteiger partial charge in [-0.3, -0.25) is 0 Å². The van der Waals surface area contributed by atoms with Gasteiger partial charge in [-0.2, -0.15) is 0 Å². The number of hydrogen-bond donors (Lipinski definition) is 2. The van der Waals surface area contributed by atoms with E-state index in [9.17, 15) is 13.2 Å². The molecule has 0 fully saturated rings. The number of carboxylic acid groups (broad SMARTS) is 1. The Bertz CT molecular complexity index is 840. The maximum absolute atomic E-state index is 12.3. The molecule has 0 heterocycles. The fourth-order valence-electron chi connectivity index (χ4n) is 2.27. The van der Waals surface area contributed by atoms with Gasteiger partial charge >= 0.3 is 5.97 Å². The summed E-state index contributed by atoms with van der Waals surface area (Å²) in [5.74, 6) is -0.999. The number of benzene rings is 2. The third-order valence-corrected chi connectivity index (χ3v) is 5.15. The van der Waals surface area contributed by atoms with Gasteiger partial charge in [-0.15, -0.1) is 0 Å². The second-order valence-corrected chi connectivity index (χ2v) is 7.16. The van der Waals surface area contributed by atoms with Crippen LogP contribution in [-0.4, -0.2) is 19.5 Å². The Morgan fingerprint density at radius 1 is 1.08 bits per heavy atom. The molecule has 6 heteroatoms. The molecule has 5 nitrogen and oxygen atoms in total. The second kappa shape index (κ2) is 7.42. The number of nitrogens with one attached hydrogen (secondary N) is 1. The first-order chi connectivity index (χ1) is 11.3. The van der Waals surface area contributed by atoms with Crippen molar-refractivity contribution in [2.24, 2.45) is 0 Å². The zero-order chi connectivity index (χ0) is 17.7. The van der Waals surface area contributed by atoms with Crippen molar-refractivity contribution in [3.63, 3.8) is 0 Å². The summed E-state index contributed by atoms with van der Waals surface area (Å²) in [6.07, 6.45) is 1.14. The second-order valence-electron chi connectivity index (χ2n) is 5.44. The van der Waals surface area contributed by atoms with Crippen LogP contribution in [0.3, 0.4) is 0 Å². The number of rotatable bonds is 6. The molecule has 0 aliphatic heterocycles. The number of carboxylic acids is 1. The SMILES string of the molecule is CC(=CC(=O)O)c1ccc(C(C)NS(=O)(=O)c2ccccc2)cc1. The summed E-state index contributed by atoms with van der Waals surface area (Å²) in [7, 11) is -3.59. The summed E-state index contributed by atoms with van der Waals surface area (Å²) < 4.78 is 27.3. The third kappa shape index (κ3) is 4.53. The largest absolute Gasteiger partial charge is 0.478 e. The molecule has 126 valence electrons. The van der Waals surface area contributed by atoms with Crippen molar-refractivity contribution in [2.75, 3.05) is 0 Å². The lowest BCUT2D eigenvalue weighted by molar-refractivity contribution is -0.131. The van der Waals surface area contributed by atoms with E-state index >= 15 is 0 Å². The predicted molar refractivity (Wildman–Crippen MR) is 92.9 cm³/mol. The van der Waals surface area contributed by atoms with Crippen LogP contribution in [0.4, 0.5) is 0 Å². The third-order valence-electron chi connectivity index (χ3n) is 3.59. The predicted octanol–water partition coefficient (Wildman–Crippen LogP) is 3.21. The minimum Gasteiger partial charge on any atom is -0.478 e.